The number of imidazole rings is 1. The first kappa shape index (κ1) is 36.1. The van der Waals surface area contributed by atoms with E-state index in [0.29, 0.717) is 28.8 Å². The Kier molecular flexibility index (Phi) is 10.5. The van der Waals surface area contributed by atoms with Crippen molar-refractivity contribution in [3.05, 3.63) is 28.5 Å². The van der Waals surface area contributed by atoms with Gasteiger partial charge in [0.1, 0.15) is 33.7 Å². The van der Waals surface area contributed by atoms with E-state index in [2.05, 4.69) is 22.9 Å². The second-order valence-electron chi connectivity index (χ2n) is 14.6. The summed E-state index contributed by atoms with van der Waals surface area (Å²) >= 11 is 3.52. The topological polar surface area (TPSA) is 122 Å². The van der Waals surface area contributed by atoms with Crippen molar-refractivity contribution in [3.63, 3.8) is 0 Å². The molecule has 248 valence electrons. The van der Waals surface area contributed by atoms with Crippen LogP contribution in [0.3, 0.4) is 0 Å². The standard InChI is InChI=1S/C33H47BrN4O7/c1-13-14-15-23-36-24-25(37(23)19-33(11,12)45-29(41)44-32(8,9)10)21-17-16-20(34)18-22(21)35-26(24)38(27(39)42-30(2,3)4)28(40)43-31(5,6)7/h16-18H,13-15,19H2,1-12H3. The molecule has 12 heteroatoms. The largest absolute Gasteiger partial charge is 0.509 e. The van der Waals surface area contributed by atoms with Crippen molar-refractivity contribution in [1.82, 2.24) is 14.5 Å². The second kappa shape index (κ2) is 13.1. The summed E-state index contributed by atoms with van der Waals surface area (Å²) in [5.74, 6) is 0.654. The monoisotopic (exact) mass is 690 g/mol. The number of aromatic nitrogens is 3. The van der Waals surface area contributed by atoms with E-state index in [-0.39, 0.29) is 12.4 Å². The van der Waals surface area contributed by atoms with Gasteiger partial charge < -0.3 is 23.5 Å². The van der Waals surface area contributed by atoms with Gasteiger partial charge >= 0.3 is 18.3 Å². The fraction of sp³-hybridized carbons (Fsp3) is 0.606. The smallest absolute Gasteiger partial charge is 0.443 e. The van der Waals surface area contributed by atoms with Crippen LogP contribution in [0.1, 0.15) is 102 Å². The summed E-state index contributed by atoms with van der Waals surface area (Å²) in [5.41, 5.74) is -2.16. The predicted molar refractivity (Wildman–Crippen MR) is 178 cm³/mol. The molecule has 0 fully saturated rings. The minimum Gasteiger partial charge on any atom is -0.443 e. The molecule has 2 amide bonds. The molecule has 0 atom stereocenters. The molecular formula is C33H47BrN4O7. The highest BCUT2D eigenvalue weighted by molar-refractivity contribution is 9.10. The van der Waals surface area contributed by atoms with E-state index in [1.165, 1.54) is 0 Å². The number of pyridine rings is 1. The molecule has 1 aromatic carbocycles. The maximum Gasteiger partial charge on any atom is 0.509 e. The van der Waals surface area contributed by atoms with Crippen LogP contribution in [0.4, 0.5) is 20.2 Å². The lowest BCUT2D eigenvalue weighted by atomic mass is 10.1. The molecule has 0 spiro atoms. The summed E-state index contributed by atoms with van der Waals surface area (Å²) < 4.78 is 25.3. The van der Waals surface area contributed by atoms with Crippen LogP contribution in [-0.2, 0) is 31.9 Å². The predicted octanol–water partition coefficient (Wildman–Crippen LogP) is 9.10. The minimum atomic E-state index is -1.03. The lowest BCUT2D eigenvalue weighted by Gasteiger charge is -2.29. The number of benzene rings is 1. The van der Waals surface area contributed by atoms with E-state index in [4.69, 9.17) is 28.9 Å². The highest BCUT2D eigenvalue weighted by atomic mass is 79.9. The number of ether oxygens (including phenoxy) is 4. The number of unbranched alkanes of at least 4 members (excludes halogenated alkanes) is 1. The summed E-state index contributed by atoms with van der Waals surface area (Å²) in [4.78, 5) is 50.7. The molecule has 0 unspecified atom stereocenters. The number of hydrogen-bond acceptors (Lipinski definition) is 9. The van der Waals surface area contributed by atoms with Crippen LogP contribution in [-0.4, -0.2) is 55.3 Å². The normalized spacial score (nSPS) is 12.7. The average molecular weight is 692 g/mol. The van der Waals surface area contributed by atoms with Crippen molar-refractivity contribution in [2.24, 2.45) is 0 Å². The molecule has 0 N–H and O–H groups in total. The van der Waals surface area contributed by atoms with Gasteiger partial charge in [-0.25, -0.2) is 24.4 Å². The van der Waals surface area contributed by atoms with E-state index in [1.807, 2.05) is 16.7 Å². The zero-order chi connectivity index (χ0) is 34.1. The zero-order valence-corrected chi connectivity index (χ0v) is 30.2. The van der Waals surface area contributed by atoms with E-state index in [1.54, 1.807) is 82.2 Å². The van der Waals surface area contributed by atoms with E-state index >= 15 is 0 Å². The van der Waals surface area contributed by atoms with Crippen molar-refractivity contribution in [3.8, 4) is 0 Å². The molecule has 2 heterocycles. The Hall–Kier alpha value is -3.41. The highest BCUT2D eigenvalue weighted by Crippen LogP contribution is 2.36. The number of rotatable bonds is 7. The molecule has 0 saturated heterocycles. The van der Waals surface area contributed by atoms with Crippen molar-refractivity contribution in [2.75, 3.05) is 4.90 Å². The molecular weight excluding hydrogens is 644 g/mol. The van der Waals surface area contributed by atoms with Crippen molar-refractivity contribution < 1.29 is 33.3 Å². The van der Waals surface area contributed by atoms with E-state index in [0.717, 1.165) is 27.6 Å². The summed E-state index contributed by atoms with van der Waals surface area (Å²) in [6.07, 6.45) is -0.364. The molecule has 2 aromatic heterocycles. The zero-order valence-electron chi connectivity index (χ0n) is 28.6. The van der Waals surface area contributed by atoms with Crippen molar-refractivity contribution >= 4 is 62.0 Å². The van der Waals surface area contributed by atoms with Crippen molar-refractivity contribution in [2.45, 2.75) is 131 Å². The minimum absolute atomic E-state index is 0.0264. The number of carbonyl (C=O) groups is 3. The van der Waals surface area contributed by atoms with Crippen LogP contribution in [0.2, 0.25) is 0 Å². The first-order valence-electron chi connectivity index (χ1n) is 15.2. The number of imide groups is 1. The number of amides is 2. The third-order valence-electron chi connectivity index (χ3n) is 6.11. The SMILES string of the molecule is CCCCc1nc2c(N(C(=O)OC(C)(C)C)C(=O)OC(C)(C)C)nc3cc(Br)ccc3c2n1CC(C)(C)OC(=O)OC(C)(C)C. The summed E-state index contributed by atoms with van der Waals surface area (Å²) in [6, 6.07) is 5.58. The summed E-state index contributed by atoms with van der Waals surface area (Å²) in [7, 11) is 0. The molecule has 0 aliphatic rings. The molecule has 0 saturated carbocycles. The van der Waals surface area contributed by atoms with E-state index in [9.17, 15) is 14.4 Å². The molecule has 45 heavy (non-hydrogen) atoms. The maximum absolute atomic E-state index is 13.7. The first-order chi connectivity index (χ1) is 20.5. The third-order valence-corrected chi connectivity index (χ3v) is 6.60. The molecule has 0 radical (unpaired) electrons. The van der Waals surface area contributed by atoms with Crippen LogP contribution in [0.5, 0.6) is 0 Å². The Morgan fingerprint density at radius 1 is 0.822 bits per heavy atom. The fourth-order valence-corrected chi connectivity index (χ4v) is 4.87. The van der Waals surface area contributed by atoms with Gasteiger partial charge in [0.15, 0.2) is 5.82 Å². The first-order valence-corrected chi connectivity index (χ1v) is 16.0. The number of halogens is 1. The maximum atomic E-state index is 13.7. The van der Waals surface area contributed by atoms with Crippen LogP contribution >= 0.6 is 15.9 Å². The molecule has 11 nitrogen and oxygen atoms in total. The number of anilines is 1. The van der Waals surface area contributed by atoms with Crippen LogP contribution in [0.15, 0.2) is 22.7 Å². The lowest BCUT2D eigenvalue weighted by Crippen LogP contribution is -2.44. The second-order valence-corrected chi connectivity index (χ2v) is 15.5. The third kappa shape index (κ3) is 9.79. The van der Waals surface area contributed by atoms with Crippen LogP contribution in [0, 0.1) is 0 Å². The van der Waals surface area contributed by atoms with Crippen LogP contribution in [0.25, 0.3) is 21.9 Å². The molecule has 0 aliphatic carbocycles. The number of aryl methyl sites for hydroxylation is 1. The van der Waals surface area contributed by atoms with Gasteiger partial charge in [0.2, 0.25) is 0 Å². The number of hydrogen-bond donors (Lipinski definition) is 0. The van der Waals surface area contributed by atoms with Crippen LogP contribution < -0.4 is 4.90 Å². The van der Waals surface area contributed by atoms with Gasteiger partial charge in [-0.3, -0.25) is 0 Å². The number of nitrogens with zero attached hydrogens (tertiary/aromatic N) is 4. The Morgan fingerprint density at radius 3 is 1.89 bits per heavy atom. The highest BCUT2D eigenvalue weighted by Gasteiger charge is 2.37. The lowest BCUT2D eigenvalue weighted by molar-refractivity contribution is -0.0581. The number of carbonyl (C=O) groups excluding carboxylic acids is 3. The number of fused-ring (bicyclic) bond motifs is 3. The molecule has 3 rings (SSSR count). The van der Waals surface area contributed by atoms with Gasteiger partial charge in [0, 0.05) is 16.3 Å². The average Bonchev–Trinajstić information content (AvgIpc) is 3.16. The Balaban J connectivity index is 2.36. The van der Waals surface area contributed by atoms with Gasteiger partial charge in [-0.2, -0.15) is 4.90 Å². The Bertz CT molecular complexity index is 1550. The fourth-order valence-electron chi connectivity index (χ4n) is 4.52. The Morgan fingerprint density at radius 2 is 1.38 bits per heavy atom. The van der Waals surface area contributed by atoms with Crippen molar-refractivity contribution in [1.29, 1.82) is 0 Å². The van der Waals surface area contributed by atoms with Gasteiger partial charge in [-0.15, -0.1) is 0 Å². The van der Waals surface area contributed by atoms with Gasteiger partial charge in [0.05, 0.1) is 17.6 Å². The molecule has 0 bridgehead atoms. The molecule has 3 aromatic rings. The Labute approximate surface area is 274 Å². The summed E-state index contributed by atoms with van der Waals surface area (Å²) in [5, 5.41) is 0.730. The van der Waals surface area contributed by atoms with Gasteiger partial charge in [-0.05, 0) is 101 Å². The van der Waals surface area contributed by atoms with Gasteiger partial charge in [0.25, 0.3) is 0 Å². The van der Waals surface area contributed by atoms with E-state index < -0.39 is 40.7 Å². The summed E-state index contributed by atoms with van der Waals surface area (Å²) in [6.45, 7) is 21.4. The quantitative estimate of drug-likeness (QED) is 0.176. The molecule has 0 aliphatic heterocycles. The van der Waals surface area contributed by atoms with Gasteiger partial charge in [-0.1, -0.05) is 29.3 Å².